The van der Waals surface area contributed by atoms with Crippen LogP contribution >= 0.6 is 15.9 Å². The normalized spacial score (nSPS) is 23.8. The van der Waals surface area contributed by atoms with Crippen LogP contribution in [0, 0.1) is 5.41 Å². The Morgan fingerprint density at radius 1 is 1.12 bits per heavy atom. The van der Waals surface area contributed by atoms with Crippen molar-refractivity contribution in [1.29, 1.82) is 0 Å². The first-order valence-corrected chi connectivity index (χ1v) is 6.40. The Bertz CT molecular complexity index is 442. The van der Waals surface area contributed by atoms with Gasteiger partial charge in [0.15, 0.2) is 0 Å². The minimum Gasteiger partial charge on any atom is -0.481 e. The number of rotatable bonds is 3. The van der Waals surface area contributed by atoms with Gasteiger partial charge >= 0.3 is 5.97 Å². The fourth-order valence-electron chi connectivity index (χ4n) is 2.96. The van der Waals surface area contributed by atoms with Crippen LogP contribution in [0.5, 0.6) is 0 Å². The van der Waals surface area contributed by atoms with Gasteiger partial charge in [-0.1, -0.05) is 28.1 Å². The van der Waals surface area contributed by atoms with Crippen molar-refractivity contribution >= 4 is 21.9 Å². The molecule has 0 aromatic heterocycles. The summed E-state index contributed by atoms with van der Waals surface area (Å²) in [7, 11) is 0. The molecule has 2 aliphatic rings. The highest BCUT2D eigenvalue weighted by Crippen LogP contribution is 2.70. The monoisotopic (exact) mass is 280 g/mol. The summed E-state index contributed by atoms with van der Waals surface area (Å²) in [5.74, 6) is -0.604. The van der Waals surface area contributed by atoms with Crippen molar-refractivity contribution in [1.82, 2.24) is 0 Å². The van der Waals surface area contributed by atoms with Crippen molar-refractivity contribution in [3.8, 4) is 0 Å². The number of carboxylic acid groups (broad SMARTS) is 1. The average molecular weight is 281 g/mol. The number of hydrogen-bond donors (Lipinski definition) is 1. The Labute approximate surface area is 103 Å². The van der Waals surface area contributed by atoms with Crippen molar-refractivity contribution in [3.63, 3.8) is 0 Å². The summed E-state index contributed by atoms with van der Waals surface area (Å²) in [4.78, 5) is 11.4. The fourth-order valence-corrected chi connectivity index (χ4v) is 3.22. The van der Waals surface area contributed by atoms with Gasteiger partial charge in [-0.15, -0.1) is 0 Å². The summed E-state index contributed by atoms with van der Waals surface area (Å²) in [5.41, 5.74) is 0.705. The second-order valence-electron chi connectivity index (χ2n) is 4.98. The van der Waals surface area contributed by atoms with Crippen LogP contribution in [0.1, 0.15) is 31.2 Å². The molecule has 0 aliphatic heterocycles. The van der Waals surface area contributed by atoms with Gasteiger partial charge in [-0.05, 0) is 43.4 Å². The predicted molar refractivity (Wildman–Crippen MR) is 64.4 cm³/mol. The van der Waals surface area contributed by atoms with Crippen LogP contribution in [0.4, 0.5) is 0 Å². The first-order valence-electron chi connectivity index (χ1n) is 5.60. The van der Waals surface area contributed by atoms with E-state index in [9.17, 15) is 9.90 Å². The molecule has 84 valence electrons. The molecule has 0 saturated heterocycles. The van der Waals surface area contributed by atoms with E-state index >= 15 is 0 Å². The van der Waals surface area contributed by atoms with Gasteiger partial charge < -0.3 is 5.11 Å². The Morgan fingerprint density at radius 3 is 2.06 bits per heavy atom. The molecule has 3 rings (SSSR count). The molecule has 3 heteroatoms. The lowest BCUT2D eigenvalue weighted by Gasteiger charge is -2.23. The molecule has 1 aromatic rings. The Balaban J connectivity index is 2.00. The lowest BCUT2D eigenvalue weighted by molar-refractivity contribution is -0.144. The molecule has 0 radical (unpaired) electrons. The molecule has 1 N–H and O–H groups in total. The van der Waals surface area contributed by atoms with Gasteiger partial charge in [-0.3, -0.25) is 4.79 Å². The molecule has 16 heavy (non-hydrogen) atoms. The number of aliphatic carboxylic acids is 1. The minimum absolute atomic E-state index is 0.0560. The second kappa shape index (κ2) is 3.10. The maximum absolute atomic E-state index is 11.4. The maximum atomic E-state index is 11.4. The maximum Gasteiger partial charge on any atom is 0.310 e. The third-order valence-corrected chi connectivity index (χ3v) is 4.75. The number of halogens is 1. The molecule has 2 fully saturated rings. The van der Waals surface area contributed by atoms with E-state index in [1.807, 2.05) is 12.1 Å². The molecule has 2 nitrogen and oxygen atoms in total. The zero-order valence-corrected chi connectivity index (χ0v) is 10.5. The quantitative estimate of drug-likeness (QED) is 0.922. The van der Waals surface area contributed by atoms with Gasteiger partial charge in [-0.25, -0.2) is 0 Å². The third-order valence-electron chi connectivity index (χ3n) is 4.22. The van der Waals surface area contributed by atoms with Crippen LogP contribution in [-0.2, 0) is 10.2 Å². The molecule has 1 aromatic carbocycles. The van der Waals surface area contributed by atoms with Gasteiger partial charge in [0, 0.05) is 9.89 Å². The standard InChI is InChI=1S/C13H13BrO2/c14-10-3-1-9(2-4-10)12(5-6-12)13(7-8-13)11(15)16/h1-4H,5-8H2,(H,15,16). The molecule has 2 aliphatic carbocycles. The van der Waals surface area contributed by atoms with Crippen LogP contribution in [0.25, 0.3) is 0 Å². The predicted octanol–water partition coefficient (Wildman–Crippen LogP) is 3.35. The third kappa shape index (κ3) is 1.21. The SMILES string of the molecule is O=C(O)C1(C2(c3ccc(Br)cc3)CC2)CC1. The highest BCUT2D eigenvalue weighted by atomic mass is 79.9. The van der Waals surface area contributed by atoms with E-state index in [4.69, 9.17) is 0 Å². The van der Waals surface area contributed by atoms with E-state index < -0.39 is 11.4 Å². The minimum atomic E-state index is -0.604. The van der Waals surface area contributed by atoms with Crippen LogP contribution in [-0.4, -0.2) is 11.1 Å². The summed E-state index contributed by atoms with van der Waals surface area (Å²) in [6.07, 6.45) is 3.75. The first kappa shape index (κ1) is 10.3. The van der Waals surface area contributed by atoms with E-state index in [2.05, 4.69) is 28.1 Å². The van der Waals surface area contributed by atoms with Crippen LogP contribution in [0.3, 0.4) is 0 Å². The van der Waals surface area contributed by atoms with E-state index in [-0.39, 0.29) is 5.41 Å². The van der Waals surface area contributed by atoms with Crippen molar-refractivity contribution in [2.45, 2.75) is 31.1 Å². The van der Waals surface area contributed by atoms with Gasteiger partial charge in [0.05, 0.1) is 5.41 Å². The Kier molecular flexibility index (Phi) is 2.00. The summed E-state index contributed by atoms with van der Waals surface area (Å²) >= 11 is 3.41. The van der Waals surface area contributed by atoms with Gasteiger partial charge in [-0.2, -0.15) is 0 Å². The fraction of sp³-hybridized carbons (Fsp3) is 0.462. The van der Waals surface area contributed by atoms with E-state index in [0.717, 1.165) is 30.2 Å². The van der Waals surface area contributed by atoms with Crippen molar-refractivity contribution in [3.05, 3.63) is 34.3 Å². The number of benzene rings is 1. The highest BCUT2D eigenvalue weighted by molar-refractivity contribution is 9.10. The van der Waals surface area contributed by atoms with Crippen LogP contribution in [0.2, 0.25) is 0 Å². The molecular weight excluding hydrogens is 268 g/mol. The summed E-state index contributed by atoms with van der Waals surface area (Å²) in [6.45, 7) is 0. The Morgan fingerprint density at radius 2 is 1.69 bits per heavy atom. The molecule has 0 amide bonds. The first-order chi connectivity index (χ1) is 7.61. The Hall–Kier alpha value is -0.830. The van der Waals surface area contributed by atoms with Gasteiger partial charge in [0.1, 0.15) is 0 Å². The van der Waals surface area contributed by atoms with Crippen LogP contribution in [0.15, 0.2) is 28.7 Å². The summed E-state index contributed by atoms with van der Waals surface area (Å²) in [6, 6.07) is 8.15. The largest absolute Gasteiger partial charge is 0.481 e. The lowest BCUT2D eigenvalue weighted by atomic mass is 9.80. The molecule has 0 unspecified atom stereocenters. The zero-order chi connectivity index (χ0) is 11.4. The summed E-state index contributed by atoms with van der Waals surface area (Å²) < 4.78 is 1.05. The van der Waals surface area contributed by atoms with Crippen LogP contribution < -0.4 is 0 Å². The lowest BCUT2D eigenvalue weighted by Crippen LogP contribution is -2.30. The number of carboxylic acids is 1. The molecule has 0 spiro atoms. The van der Waals surface area contributed by atoms with Crippen molar-refractivity contribution < 1.29 is 9.90 Å². The number of carbonyl (C=O) groups is 1. The van der Waals surface area contributed by atoms with Gasteiger partial charge in [0.25, 0.3) is 0 Å². The molecular formula is C13H13BrO2. The molecule has 0 bridgehead atoms. The topological polar surface area (TPSA) is 37.3 Å². The van der Waals surface area contributed by atoms with E-state index in [0.29, 0.717) is 0 Å². The van der Waals surface area contributed by atoms with Crippen molar-refractivity contribution in [2.24, 2.45) is 5.41 Å². The van der Waals surface area contributed by atoms with Crippen molar-refractivity contribution in [2.75, 3.05) is 0 Å². The zero-order valence-electron chi connectivity index (χ0n) is 8.87. The smallest absolute Gasteiger partial charge is 0.310 e. The highest BCUT2D eigenvalue weighted by Gasteiger charge is 2.70. The molecule has 0 atom stereocenters. The second-order valence-corrected chi connectivity index (χ2v) is 5.89. The number of hydrogen-bond acceptors (Lipinski definition) is 1. The molecule has 2 saturated carbocycles. The van der Waals surface area contributed by atoms with Gasteiger partial charge in [0.2, 0.25) is 0 Å². The van der Waals surface area contributed by atoms with E-state index in [1.165, 1.54) is 5.56 Å². The average Bonchev–Trinajstić information content (AvgIpc) is 3.12. The molecule has 0 heterocycles. The van der Waals surface area contributed by atoms with E-state index in [1.54, 1.807) is 0 Å². The summed E-state index contributed by atoms with van der Waals surface area (Å²) in [5, 5.41) is 9.39.